The van der Waals surface area contributed by atoms with Gasteiger partial charge in [0.15, 0.2) is 0 Å². The molecule has 0 unspecified atom stereocenters. The van der Waals surface area contributed by atoms with Crippen LogP contribution in [0.15, 0.2) is 12.4 Å². The van der Waals surface area contributed by atoms with Crippen molar-refractivity contribution in [3.05, 3.63) is 18.1 Å². The summed E-state index contributed by atoms with van der Waals surface area (Å²) in [5, 5.41) is 3.03. The monoisotopic (exact) mass is 173 g/mol. The molecule has 0 bridgehead atoms. The van der Waals surface area contributed by atoms with E-state index in [0.29, 0.717) is 12.5 Å². The third kappa shape index (κ3) is 1.97. The molecule has 0 aliphatic heterocycles. The molecular formula is C10H11N3. The molecule has 1 saturated carbocycles. The highest BCUT2D eigenvalue weighted by Gasteiger charge is 2.25. The van der Waals surface area contributed by atoms with Gasteiger partial charge in [-0.05, 0) is 12.8 Å². The number of hydrogen-bond acceptors (Lipinski definition) is 3. The summed E-state index contributed by atoms with van der Waals surface area (Å²) < 4.78 is 0. The van der Waals surface area contributed by atoms with E-state index >= 15 is 0 Å². The van der Waals surface area contributed by atoms with Crippen molar-refractivity contribution < 1.29 is 0 Å². The third-order valence-corrected chi connectivity index (χ3v) is 2.06. The zero-order valence-corrected chi connectivity index (χ0v) is 7.33. The van der Waals surface area contributed by atoms with E-state index in [9.17, 15) is 0 Å². The molecule has 1 aromatic heterocycles. The Balaban J connectivity index is 2.08. The number of hydrogen-bond donors (Lipinski definition) is 1. The molecule has 3 nitrogen and oxygen atoms in total. The standard InChI is InChI=1S/C10H11N3/c1-2-5-11-10-6-9(8-3-4-8)12-7-13-10/h1,6-8H,3-5H2,(H,11,12,13). The average Bonchev–Trinajstić information content (AvgIpc) is 2.98. The Bertz CT molecular complexity index is 336. The van der Waals surface area contributed by atoms with Gasteiger partial charge in [0.1, 0.15) is 12.1 Å². The first-order valence-corrected chi connectivity index (χ1v) is 4.39. The quantitative estimate of drug-likeness (QED) is 0.702. The van der Waals surface area contributed by atoms with Gasteiger partial charge in [-0.3, -0.25) is 0 Å². The lowest BCUT2D eigenvalue weighted by molar-refractivity contribution is 0.986. The minimum atomic E-state index is 0.515. The minimum Gasteiger partial charge on any atom is -0.359 e. The summed E-state index contributed by atoms with van der Waals surface area (Å²) in [6, 6.07) is 1.98. The summed E-state index contributed by atoms with van der Waals surface area (Å²) >= 11 is 0. The molecule has 2 rings (SSSR count). The topological polar surface area (TPSA) is 37.8 Å². The number of nitrogens with one attached hydrogen (secondary N) is 1. The second kappa shape index (κ2) is 3.44. The van der Waals surface area contributed by atoms with Crippen LogP contribution in [0.3, 0.4) is 0 Å². The molecule has 1 aliphatic rings. The van der Waals surface area contributed by atoms with Gasteiger partial charge in [-0.25, -0.2) is 9.97 Å². The Kier molecular flexibility index (Phi) is 2.13. The average molecular weight is 173 g/mol. The van der Waals surface area contributed by atoms with Gasteiger partial charge in [-0.1, -0.05) is 5.92 Å². The van der Waals surface area contributed by atoms with Gasteiger partial charge in [0.25, 0.3) is 0 Å². The van der Waals surface area contributed by atoms with Crippen molar-refractivity contribution in [2.75, 3.05) is 11.9 Å². The molecule has 0 radical (unpaired) electrons. The molecule has 1 fully saturated rings. The number of terminal acetylenes is 1. The fraction of sp³-hybridized carbons (Fsp3) is 0.400. The van der Waals surface area contributed by atoms with Crippen molar-refractivity contribution in [2.24, 2.45) is 0 Å². The largest absolute Gasteiger partial charge is 0.359 e. The van der Waals surface area contributed by atoms with E-state index in [1.165, 1.54) is 12.8 Å². The smallest absolute Gasteiger partial charge is 0.130 e. The second-order valence-electron chi connectivity index (χ2n) is 3.16. The normalized spacial score (nSPS) is 15.0. The number of anilines is 1. The summed E-state index contributed by atoms with van der Waals surface area (Å²) in [5.41, 5.74) is 1.13. The van der Waals surface area contributed by atoms with Crippen molar-refractivity contribution in [2.45, 2.75) is 18.8 Å². The van der Waals surface area contributed by atoms with E-state index in [1.54, 1.807) is 6.33 Å². The van der Waals surface area contributed by atoms with Gasteiger partial charge in [0.05, 0.1) is 6.54 Å². The fourth-order valence-electron chi connectivity index (χ4n) is 1.21. The fourth-order valence-corrected chi connectivity index (χ4v) is 1.21. The zero-order chi connectivity index (χ0) is 9.10. The molecule has 0 aromatic carbocycles. The van der Waals surface area contributed by atoms with Gasteiger partial charge in [0.2, 0.25) is 0 Å². The van der Waals surface area contributed by atoms with Crippen LogP contribution in [-0.4, -0.2) is 16.5 Å². The minimum absolute atomic E-state index is 0.515. The molecule has 1 heterocycles. The number of nitrogens with zero attached hydrogens (tertiary/aromatic N) is 2. The van der Waals surface area contributed by atoms with E-state index in [0.717, 1.165) is 11.5 Å². The molecular weight excluding hydrogens is 162 g/mol. The van der Waals surface area contributed by atoms with Crippen LogP contribution in [0.4, 0.5) is 5.82 Å². The molecule has 1 N–H and O–H groups in total. The summed E-state index contributed by atoms with van der Waals surface area (Å²) in [4.78, 5) is 8.28. The van der Waals surface area contributed by atoms with E-state index < -0.39 is 0 Å². The Morgan fingerprint density at radius 3 is 3.08 bits per heavy atom. The third-order valence-electron chi connectivity index (χ3n) is 2.06. The summed E-state index contributed by atoms with van der Waals surface area (Å²) in [6.07, 6.45) is 9.23. The Morgan fingerprint density at radius 2 is 2.38 bits per heavy atom. The van der Waals surface area contributed by atoms with Gasteiger partial charge in [-0.2, -0.15) is 0 Å². The van der Waals surface area contributed by atoms with E-state index in [1.807, 2.05) is 6.07 Å². The maximum atomic E-state index is 5.13. The van der Waals surface area contributed by atoms with Crippen molar-refractivity contribution in [3.63, 3.8) is 0 Å². The van der Waals surface area contributed by atoms with Gasteiger partial charge < -0.3 is 5.32 Å². The first-order valence-electron chi connectivity index (χ1n) is 4.39. The zero-order valence-electron chi connectivity index (χ0n) is 7.33. The van der Waals surface area contributed by atoms with Crippen LogP contribution in [-0.2, 0) is 0 Å². The second-order valence-corrected chi connectivity index (χ2v) is 3.16. The van der Waals surface area contributed by atoms with Crippen LogP contribution in [0, 0.1) is 12.3 Å². The van der Waals surface area contributed by atoms with E-state index in [2.05, 4.69) is 21.2 Å². The molecule has 0 amide bonds. The predicted molar refractivity (Wildman–Crippen MR) is 51.3 cm³/mol. The van der Waals surface area contributed by atoms with Crippen molar-refractivity contribution >= 4 is 5.82 Å². The molecule has 1 aromatic rings. The number of rotatable bonds is 3. The van der Waals surface area contributed by atoms with Crippen LogP contribution < -0.4 is 5.32 Å². The van der Waals surface area contributed by atoms with Crippen LogP contribution >= 0.6 is 0 Å². The van der Waals surface area contributed by atoms with Gasteiger partial charge in [-0.15, -0.1) is 6.42 Å². The molecule has 1 aliphatic carbocycles. The maximum absolute atomic E-state index is 5.13. The molecule has 66 valence electrons. The first kappa shape index (κ1) is 8.06. The molecule has 0 saturated heterocycles. The maximum Gasteiger partial charge on any atom is 0.130 e. The van der Waals surface area contributed by atoms with Crippen LogP contribution in [0.1, 0.15) is 24.5 Å². The summed E-state index contributed by atoms with van der Waals surface area (Å²) in [5.74, 6) is 4.00. The van der Waals surface area contributed by atoms with Gasteiger partial charge >= 0.3 is 0 Å². The van der Waals surface area contributed by atoms with Crippen molar-refractivity contribution in [1.82, 2.24) is 9.97 Å². The van der Waals surface area contributed by atoms with Crippen LogP contribution in [0.5, 0.6) is 0 Å². The highest BCUT2D eigenvalue weighted by molar-refractivity contribution is 5.37. The summed E-state index contributed by atoms with van der Waals surface area (Å²) in [7, 11) is 0. The Hall–Kier alpha value is -1.56. The lowest BCUT2D eigenvalue weighted by atomic mass is 10.3. The highest BCUT2D eigenvalue weighted by atomic mass is 15.0. The molecule has 3 heteroatoms. The highest BCUT2D eigenvalue weighted by Crippen LogP contribution is 2.39. The van der Waals surface area contributed by atoms with Crippen molar-refractivity contribution in [3.8, 4) is 12.3 Å². The predicted octanol–water partition coefficient (Wildman–Crippen LogP) is 1.40. The molecule has 0 spiro atoms. The summed E-state index contributed by atoms with van der Waals surface area (Å²) in [6.45, 7) is 0.515. The Labute approximate surface area is 77.6 Å². The van der Waals surface area contributed by atoms with E-state index in [4.69, 9.17) is 6.42 Å². The molecule has 13 heavy (non-hydrogen) atoms. The van der Waals surface area contributed by atoms with Crippen molar-refractivity contribution in [1.29, 1.82) is 0 Å². The Morgan fingerprint density at radius 1 is 1.54 bits per heavy atom. The van der Waals surface area contributed by atoms with E-state index in [-0.39, 0.29) is 0 Å². The van der Waals surface area contributed by atoms with Gasteiger partial charge in [0, 0.05) is 17.7 Å². The lowest BCUT2D eigenvalue weighted by Crippen LogP contribution is -2.01. The first-order chi connectivity index (χ1) is 6.40. The lowest BCUT2D eigenvalue weighted by Gasteiger charge is -2.02. The van der Waals surface area contributed by atoms with Crippen LogP contribution in [0.2, 0.25) is 0 Å². The van der Waals surface area contributed by atoms with Crippen LogP contribution in [0.25, 0.3) is 0 Å². The molecule has 0 atom stereocenters. The number of aromatic nitrogens is 2. The SMILES string of the molecule is C#CCNc1cc(C2CC2)ncn1.